The number of aliphatic hydroxyl groups is 3. The summed E-state index contributed by atoms with van der Waals surface area (Å²) in [6, 6.07) is 0. The van der Waals surface area contributed by atoms with Crippen molar-refractivity contribution >= 4 is 0 Å². The predicted molar refractivity (Wildman–Crippen MR) is 130 cm³/mol. The van der Waals surface area contributed by atoms with E-state index in [1.165, 1.54) is 12.8 Å². The predicted octanol–water partition coefficient (Wildman–Crippen LogP) is 1.28. The first-order valence-corrected chi connectivity index (χ1v) is 12.5. The summed E-state index contributed by atoms with van der Waals surface area (Å²) in [5.74, 6) is 0.754. The van der Waals surface area contributed by atoms with Crippen LogP contribution in [-0.4, -0.2) is 127 Å². The van der Waals surface area contributed by atoms with Crippen LogP contribution in [0.15, 0.2) is 0 Å². The number of aliphatic hydroxyl groups excluding tert-OH is 3. The Labute approximate surface area is 206 Å². The maximum Gasteiger partial charge on any atom is 0.0745 e. The van der Waals surface area contributed by atoms with Gasteiger partial charge in [0.25, 0.3) is 0 Å². The minimum Gasteiger partial charge on any atom is -0.394 e. The summed E-state index contributed by atoms with van der Waals surface area (Å²) in [6.45, 7) is 13.3. The SMILES string of the molecule is CCCC(C)CCOCC(C)O.OCCOCCOCCOCCOCCOCCOCCO. The topological polar surface area (TPSA) is 125 Å². The number of hydrogen-bond acceptors (Lipinski definition) is 10. The van der Waals surface area contributed by atoms with Crippen molar-refractivity contribution in [3.05, 3.63) is 0 Å². The fourth-order valence-corrected chi connectivity index (χ4v) is 2.51. The van der Waals surface area contributed by atoms with E-state index in [1.807, 2.05) is 0 Å². The van der Waals surface area contributed by atoms with Gasteiger partial charge in [-0.2, -0.15) is 0 Å². The molecule has 0 aliphatic rings. The molecule has 0 rings (SSSR count). The van der Waals surface area contributed by atoms with E-state index in [1.54, 1.807) is 6.92 Å². The van der Waals surface area contributed by atoms with Gasteiger partial charge in [-0.25, -0.2) is 0 Å². The molecule has 0 fully saturated rings. The van der Waals surface area contributed by atoms with Crippen LogP contribution in [0.2, 0.25) is 0 Å². The molecule has 0 aromatic rings. The lowest BCUT2D eigenvalue weighted by atomic mass is 10.0. The van der Waals surface area contributed by atoms with Crippen molar-refractivity contribution in [3.8, 4) is 0 Å². The largest absolute Gasteiger partial charge is 0.394 e. The van der Waals surface area contributed by atoms with Crippen molar-refractivity contribution in [1.82, 2.24) is 0 Å². The second-order valence-electron chi connectivity index (χ2n) is 7.73. The molecule has 34 heavy (non-hydrogen) atoms. The minimum atomic E-state index is -0.327. The molecule has 0 aromatic carbocycles. The van der Waals surface area contributed by atoms with Gasteiger partial charge in [0.1, 0.15) is 0 Å². The molecule has 10 heteroatoms. The summed E-state index contributed by atoms with van der Waals surface area (Å²) < 4.78 is 36.5. The number of rotatable bonds is 26. The quantitative estimate of drug-likeness (QED) is 0.150. The zero-order chi connectivity index (χ0) is 25.5. The first-order chi connectivity index (χ1) is 16.6. The van der Waals surface area contributed by atoms with Gasteiger partial charge in [-0.05, 0) is 19.3 Å². The third-order valence-electron chi connectivity index (χ3n) is 4.23. The summed E-state index contributed by atoms with van der Waals surface area (Å²) in [7, 11) is 0. The smallest absolute Gasteiger partial charge is 0.0745 e. The fourth-order valence-electron chi connectivity index (χ4n) is 2.51. The van der Waals surface area contributed by atoms with Crippen molar-refractivity contribution in [3.63, 3.8) is 0 Å². The summed E-state index contributed by atoms with van der Waals surface area (Å²) in [5.41, 5.74) is 0. The molecule has 0 radical (unpaired) electrons. The van der Waals surface area contributed by atoms with Crippen LogP contribution in [0.25, 0.3) is 0 Å². The molecule has 0 saturated heterocycles. The third kappa shape index (κ3) is 36.2. The Hall–Kier alpha value is -0.400. The van der Waals surface area contributed by atoms with Gasteiger partial charge in [-0.15, -0.1) is 0 Å². The summed E-state index contributed by atoms with van der Waals surface area (Å²) >= 11 is 0. The zero-order valence-corrected chi connectivity index (χ0v) is 21.8. The average molecular weight is 501 g/mol. The first kappa shape index (κ1) is 35.8. The first-order valence-electron chi connectivity index (χ1n) is 12.5. The Morgan fingerprint density at radius 3 is 1.15 bits per heavy atom. The Kier molecular flexibility index (Phi) is 34.3. The van der Waals surface area contributed by atoms with Gasteiger partial charge in [0.05, 0.1) is 105 Å². The third-order valence-corrected chi connectivity index (χ3v) is 4.23. The van der Waals surface area contributed by atoms with Crippen LogP contribution in [0.3, 0.4) is 0 Å². The highest BCUT2D eigenvalue weighted by atomic mass is 16.6. The lowest BCUT2D eigenvalue weighted by Gasteiger charge is -2.10. The van der Waals surface area contributed by atoms with E-state index in [9.17, 15) is 0 Å². The molecule has 0 saturated carbocycles. The molecule has 0 bridgehead atoms. The van der Waals surface area contributed by atoms with Crippen LogP contribution < -0.4 is 0 Å². The van der Waals surface area contributed by atoms with Gasteiger partial charge in [-0.1, -0.05) is 26.7 Å². The van der Waals surface area contributed by atoms with E-state index >= 15 is 0 Å². The molecule has 0 aliphatic heterocycles. The molecule has 3 N–H and O–H groups in total. The molecular formula is C24H52O10. The minimum absolute atomic E-state index is 0.0334. The van der Waals surface area contributed by atoms with E-state index in [2.05, 4.69) is 13.8 Å². The zero-order valence-electron chi connectivity index (χ0n) is 21.8. The number of hydrogen-bond donors (Lipinski definition) is 3. The Bertz CT molecular complexity index is 328. The second kappa shape index (κ2) is 32.6. The summed E-state index contributed by atoms with van der Waals surface area (Å²) in [5, 5.41) is 25.9. The van der Waals surface area contributed by atoms with Crippen LogP contribution in [0.1, 0.15) is 40.0 Å². The molecule has 0 aliphatic carbocycles. The van der Waals surface area contributed by atoms with Crippen LogP contribution in [-0.2, 0) is 33.2 Å². The van der Waals surface area contributed by atoms with Gasteiger partial charge >= 0.3 is 0 Å². The lowest BCUT2D eigenvalue weighted by Crippen LogP contribution is -2.14. The Morgan fingerprint density at radius 1 is 0.500 bits per heavy atom. The number of ether oxygens (including phenoxy) is 7. The molecule has 2 unspecified atom stereocenters. The molecule has 208 valence electrons. The summed E-state index contributed by atoms with van der Waals surface area (Å²) in [6.07, 6.45) is 3.31. The monoisotopic (exact) mass is 500 g/mol. The van der Waals surface area contributed by atoms with Crippen molar-refractivity contribution in [2.24, 2.45) is 5.92 Å². The molecule has 0 amide bonds. The van der Waals surface area contributed by atoms with Gasteiger partial charge in [0.15, 0.2) is 0 Å². The Balaban J connectivity index is 0. The van der Waals surface area contributed by atoms with Gasteiger partial charge in [0, 0.05) is 6.61 Å². The van der Waals surface area contributed by atoms with Crippen LogP contribution in [0.4, 0.5) is 0 Å². The van der Waals surface area contributed by atoms with E-state index in [0.29, 0.717) is 85.9 Å². The van der Waals surface area contributed by atoms with Crippen LogP contribution >= 0.6 is 0 Å². The van der Waals surface area contributed by atoms with Crippen molar-refractivity contribution in [2.75, 3.05) is 106 Å². The van der Waals surface area contributed by atoms with Crippen molar-refractivity contribution in [2.45, 2.75) is 46.1 Å². The van der Waals surface area contributed by atoms with E-state index in [-0.39, 0.29) is 19.3 Å². The maximum atomic E-state index is 8.90. The highest BCUT2D eigenvalue weighted by Crippen LogP contribution is 2.09. The standard InChI is InChI=1S/C14H30O8.C10H22O2/c15-1-3-17-5-7-19-9-11-21-13-14-22-12-10-20-8-6-18-4-2-16;1-4-5-9(2)6-7-12-8-10(3)11/h15-16H,1-14H2;9-11H,4-8H2,1-3H3. The van der Waals surface area contributed by atoms with E-state index < -0.39 is 0 Å². The van der Waals surface area contributed by atoms with Gasteiger partial charge in [-0.3, -0.25) is 0 Å². The highest BCUT2D eigenvalue weighted by Gasteiger charge is 2.01. The van der Waals surface area contributed by atoms with Gasteiger partial charge < -0.3 is 48.5 Å². The van der Waals surface area contributed by atoms with Gasteiger partial charge in [0.2, 0.25) is 0 Å². The van der Waals surface area contributed by atoms with E-state index in [0.717, 1.165) is 18.9 Å². The second-order valence-corrected chi connectivity index (χ2v) is 7.73. The molecular weight excluding hydrogens is 448 g/mol. The normalized spacial score (nSPS) is 12.9. The highest BCUT2D eigenvalue weighted by molar-refractivity contribution is 4.51. The van der Waals surface area contributed by atoms with Crippen molar-refractivity contribution in [1.29, 1.82) is 0 Å². The molecule has 10 nitrogen and oxygen atoms in total. The molecule has 0 heterocycles. The maximum absolute atomic E-state index is 8.90. The van der Waals surface area contributed by atoms with Crippen LogP contribution in [0, 0.1) is 5.92 Å². The summed E-state index contributed by atoms with van der Waals surface area (Å²) in [4.78, 5) is 0. The molecule has 2 atom stereocenters. The molecule has 0 aromatic heterocycles. The molecule has 0 spiro atoms. The van der Waals surface area contributed by atoms with E-state index in [4.69, 9.17) is 48.5 Å². The lowest BCUT2D eigenvalue weighted by molar-refractivity contribution is -0.0194. The van der Waals surface area contributed by atoms with Crippen LogP contribution in [0.5, 0.6) is 0 Å². The van der Waals surface area contributed by atoms with Crippen molar-refractivity contribution < 1.29 is 48.5 Å². The fraction of sp³-hybridized carbons (Fsp3) is 1.00. The average Bonchev–Trinajstić information content (AvgIpc) is 2.81. The Morgan fingerprint density at radius 2 is 0.853 bits per heavy atom.